The second-order valence-electron chi connectivity index (χ2n) is 3.94. The lowest BCUT2D eigenvalue weighted by atomic mass is 9.88. The Kier molecular flexibility index (Phi) is 4.64. The molecule has 78 valence electrons. The van der Waals surface area contributed by atoms with Gasteiger partial charge in [0, 0.05) is 5.92 Å². The number of halogens is 2. The Morgan fingerprint density at radius 1 is 1.31 bits per heavy atom. The number of hydrogen-bond donors (Lipinski definition) is 1. The first-order valence-corrected chi connectivity index (χ1v) is 5.18. The van der Waals surface area contributed by atoms with Gasteiger partial charge in [-0.1, -0.05) is 12.8 Å². The van der Waals surface area contributed by atoms with Crippen molar-refractivity contribution >= 4 is 0 Å². The maximum Gasteiger partial charge on any atom is 0.241 e. The standard InChI is InChI=1S/C10H19F2N/c1-13-7-6-9(10(11)12)8-4-2-3-5-8/h8-10,13H,2-7H2,1H3. The fourth-order valence-electron chi connectivity index (χ4n) is 2.26. The van der Waals surface area contributed by atoms with Crippen LogP contribution in [0.4, 0.5) is 8.78 Å². The molecule has 0 saturated heterocycles. The SMILES string of the molecule is CNCCC(C(F)F)C1CCCC1. The van der Waals surface area contributed by atoms with Gasteiger partial charge in [0.15, 0.2) is 0 Å². The Morgan fingerprint density at radius 2 is 1.92 bits per heavy atom. The Balaban J connectivity index is 2.36. The molecule has 0 heterocycles. The summed E-state index contributed by atoms with van der Waals surface area (Å²) in [5.74, 6) is -0.0803. The molecule has 1 atom stereocenters. The molecule has 0 amide bonds. The Hall–Kier alpha value is -0.180. The van der Waals surface area contributed by atoms with Crippen LogP contribution in [0.3, 0.4) is 0 Å². The van der Waals surface area contributed by atoms with Crippen LogP contribution in [0.2, 0.25) is 0 Å². The van der Waals surface area contributed by atoms with Crippen LogP contribution in [0, 0.1) is 11.8 Å². The average Bonchev–Trinajstić information content (AvgIpc) is 2.57. The molecule has 1 rings (SSSR count). The summed E-state index contributed by atoms with van der Waals surface area (Å²) in [5, 5.41) is 2.94. The zero-order chi connectivity index (χ0) is 9.68. The normalized spacial score (nSPS) is 21.2. The van der Waals surface area contributed by atoms with Gasteiger partial charge in [-0.3, -0.25) is 0 Å². The minimum absolute atomic E-state index is 0.286. The molecular formula is C10H19F2N. The fraction of sp³-hybridized carbons (Fsp3) is 1.00. The Morgan fingerprint density at radius 3 is 2.38 bits per heavy atom. The lowest BCUT2D eigenvalue weighted by molar-refractivity contribution is 0.0399. The van der Waals surface area contributed by atoms with E-state index < -0.39 is 6.43 Å². The van der Waals surface area contributed by atoms with Gasteiger partial charge in [-0.15, -0.1) is 0 Å². The zero-order valence-electron chi connectivity index (χ0n) is 8.23. The summed E-state index contributed by atoms with van der Waals surface area (Å²) >= 11 is 0. The molecule has 1 saturated carbocycles. The van der Waals surface area contributed by atoms with Crippen LogP contribution >= 0.6 is 0 Å². The predicted octanol–water partition coefficient (Wildman–Crippen LogP) is 2.67. The van der Waals surface area contributed by atoms with Crippen LogP contribution in [0.5, 0.6) is 0 Å². The van der Waals surface area contributed by atoms with Crippen molar-refractivity contribution in [3.05, 3.63) is 0 Å². The fourth-order valence-corrected chi connectivity index (χ4v) is 2.26. The number of nitrogens with one attached hydrogen (secondary N) is 1. The van der Waals surface area contributed by atoms with Crippen molar-refractivity contribution in [2.24, 2.45) is 11.8 Å². The summed E-state index contributed by atoms with van der Waals surface area (Å²) in [7, 11) is 1.82. The van der Waals surface area contributed by atoms with Crippen LogP contribution in [0.25, 0.3) is 0 Å². The molecule has 0 aliphatic heterocycles. The van der Waals surface area contributed by atoms with Gasteiger partial charge in [-0.2, -0.15) is 0 Å². The molecule has 1 nitrogen and oxygen atoms in total. The van der Waals surface area contributed by atoms with E-state index in [1.54, 1.807) is 0 Å². The van der Waals surface area contributed by atoms with Crippen molar-refractivity contribution in [2.75, 3.05) is 13.6 Å². The third kappa shape index (κ3) is 3.22. The second-order valence-corrected chi connectivity index (χ2v) is 3.94. The van der Waals surface area contributed by atoms with Crippen LogP contribution in [0.15, 0.2) is 0 Å². The first-order chi connectivity index (χ1) is 6.25. The van der Waals surface area contributed by atoms with Crippen molar-refractivity contribution in [2.45, 2.75) is 38.5 Å². The van der Waals surface area contributed by atoms with Gasteiger partial charge < -0.3 is 5.32 Å². The van der Waals surface area contributed by atoms with Crippen molar-refractivity contribution in [3.63, 3.8) is 0 Å². The molecule has 0 aromatic carbocycles. The largest absolute Gasteiger partial charge is 0.320 e. The van der Waals surface area contributed by atoms with E-state index in [1.165, 1.54) is 0 Å². The molecule has 3 heteroatoms. The van der Waals surface area contributed by atoms with E-state index in [0.29, 0.717) is 13.0 Å². The maximum absolute atomic E-state index is 12.6. The number of rotatable bonds is 5. The topological polar surface area (TPSA) is 12.0 Å². The maximum atomic E-state index is 12.6. The van der Waals surface area contributed by atoms with Gasteiger partial charge in [0.1, 0.15) is 0 Å². The van der Waals surface area contributed by atoms with Gasteiger partial charge in [0.2, 0.25) is 6.43 Å². The van der Waals surface area contributed by atoms with Gasteiger partial charge in [-0.05, 0) is 38.8 Å². The Labute approximate surface area is 78.9 Å². The van der Waals surface area contributed by atoms with Crippen LogP contribution in [0.1, 0.15) is 32.1 Å². The van der Waals surface area contributed by atoms with E-state index in [2.05, 4.69) is 5.32 Å². The molecule has 1 N–H and O–H groups in total. The lowest BCUT2D eigenvalue weighted by Gasteiger charge is -2.22. The summed E-state index contributed by atoms with van der Waals surface area (Å²) in [6.07, 6.45) is 2.81. The smallest absolute Gasteiger partial charge is 0.241 e. The average molecular weight is 191 g/mol. The lowest BCUT2D eigenvalue weighted by Crippen LogP contribution is -2.24. The van der Waals surface area contributed by atoms with Crippen molar-refractivity contribution in [3.8, 4) is 0 Å². The summed E-state index contributed by atoms with van der Waals surface area (Å²) in [6, 6.07) is 0. The number of hydrogen-bond acceptors (Lipinski definition) is 1. The first-order valence-electron chi connectivity index (χ1n) is 5.18. The van der Waals surface area contributed by atoms with Crippen LogP contribution in [-0.4, -0.2) is 20.0 Å². The molecule has 1 aliphatic rings. The predicted molar refractivity (Wildman–Crippen MR) is 50.0 cm³/mol. The van der Waals surface area contributed by atoms with E-state index in [0.717, 1.165) is 25.7 Å². The van der Waals surface area contributed by atoms with Crippen molar-refractivity contribution in [1.82, 2.24) is 5.32 Å². The highest BCUT2D eigenvalue weighted by molar-refractivity contribution is 4.77. The van der Waals surface area contributed by atoms with Crippen molar-refractivity contribution in [1.29, 1.82) is 0 Å². The van der Waals surface area contributed by atoms with Gasteiger partial charge in [0.25, 0.3) is 0 Å². The van der Waals surface area contributed by atoms with E-state index in [4.69, 9.17) is 0 Å². The van der Waals surface area contributed by atoms with Gasteiger partial charge in [-0.25, -0.2) is 8.78 Å². The molecule has 0 radical (unpaired) electrons. The van der Waals surface area contributed by atoms with Gasteiger partial charge in [0.05, 0.1) is 0 Å². The van der Waals surface area contributed by atoms with Crippen molar-refractivity contribution < 1.29 is 8.78 Å². The van der Waals surface area contributed by atoms with Crippen LogP contribution in [-0.2, 0) is 0 Å². The molecule has 1 fully saturated rings. The van der Waals surface area contributed by atoms with E-state index in [1.807, 2.05) is 7.05 Å². The molecular weight excluding hydrogens is 172 g/mol. The Bertz CT molecular complexity index is 133. The highest BCUT2D eigenvalue weighted by Gasteiger charge is 2.30. The molecule has 0 aromatic rings. The summed E-state index contributed by atoms with van der Waals surface area (Å²) in [4.78, 5) is 0. The molecule has 1 unspecified atom stereocenters. The minimum atomic E-state index is -2.13. The monoisotopic (exact) mass is 191 g/mol. The molecule has 13 heavy (non-hydrogen) atoms. The van der Waals surface area contributed by atoms with Crippen LogP contribution < -0.4 is 5.32 Å². The molecule has 0 aromatic heterocycles. The third-order valence-corrected chi connectivity index (χ3v) is 3.06. The van der Waals surface area contributed by atoms with Gasteiger partial charge >= 0.3 is 0 Å². The number of alkyl halides is 2. The zero-order valence-corrected chi connectivity index (χ0v) is 8.23. The molecule has 1 aliphatic carbocycles. The summed E-state index contributed by atoms with van der Waals surface area (Å²) < 4.78 is 25.3. The first kappa shape index (κ1) is 10.9. The summed E-state index contributed by atoms with van der Waals surface area (Å²) in [5.41, 5.74) is 0. The summed E-state index contributed by atoms with van der Waals surface area (Å²) in [6.45, 7) is 0.714. The highest BCUT2D eigenvalue weighted by Crippen LogP contribution is 2.36. The quantitative estimate of drug-likeness (QED) is 0.704. The van der Waals surface area contributed by atoms with E-state index in [-0.39, 0.29) is 11.8 Å². The molecule has 0 spiro atoms. The second kappa shape index (κ2) is 5.53. The minimum Gasteiger partial charge on any atom is -0.320 e. The van der Waals surface area contributed by atoms with E-state index >= 15 is 0 Å². The molecule has 0 bridgehead atoms. The third-order valence-electron chi connectivity index (χ3n) is 3.06. The van der Waals surface area contributed by atoms with E-state index in [9.17, 15) is 8.78 Å². The highest BCUT2D eigenvalue weighted by atomic mass is 19.3.